The van der Waals surface area contributed by atoms with Crippen molar-refractivity contribution in [3.8, 4) is 11.8 Å². The molecule has 0 saturated heterocycles. The van der Waals surface area contributed by atoms with Gasteiger partial charge in [0.15, 0.2) is 25.0 Å². The first kappa shape index (κ1) is 46.0. The van der Waals surface area contributed by atoms with Crippen LogP contribution in [-0.2, 0) is 13.3 Å². The van der Waals surface area contributed by atoms with Gasteiger partial charge in [-0.05, 0) is 116 Å². The van der Waals surface area contributed by atoms with Crippen LogP contribution in [0.4, 0.5) is 0 Å². The number of aliphatic hydroxyl groups excluding tert-OH is 1. The molecule has 280 valence electrons. The van der Waals surface area contributed by atoms with Gasteiger partial charge in [-0.2, -0.15) is 0 Å². The molecule has 0 radical (unpaired) electrons. The zero-order chi connectivity index (χ0) is 37.4. The van der Waals surface area contributed by atoms with Crippen molar-refractivity contribution < 1.29 is 18.4 Å². The summed E-state index contributed by atoms with van der Waals surface area (Å²) in [4.78, 5) is 0. The molecule has 1 saturated carbocycles. The number of unbranched alkanes of at least 4 members (excludes halogenated alkanes) is 2. The van der Waals surface area contributed by atoms with Crippen molar-refractivity contribution in [2.24, 2.45) is 23.7 Å². The van der Waals surface area contributed by atoms with E-state index in [0.717, 1.165) is 45.1 Å². The average Bonchev–Trinajstić information content (AvgIpc) is 3.24. The summed E-state index contributed by atoms with van der Waals surface area (Å²) < 4.78 is 21.9. The van der Waals surface area contributed by atoms with E-state index in [1.54, 1.807) is 0 Å². The highest BCUT2D eigenvalue weighted by Gasteiger charge is 2.48. The van der Waals surface area contributed by atoms with Crippen molar-refractivity contribution in [1.82, 2.24) is 0 Å². The summed E-state index contributed by atoms with van der Waals surface area (Å²) in [5, 5.41) is 11.2. The minimum atomic E-state index is -2.04. The maximum absolute atomic E-state index is 10.7. The Morgan fingerprint density at radius 3 is 1.96 bits per heavy atom. The summed E-state index contributed by atoms with van der Waals surface area (Å²) in [6.07, 6.45) is 13.0. The molecule has 1 fully saturated rings. The van der Waals surface area contributed by atoms with Gasteiger partial charge in [0.1, 0.15) is 0 Å². The van der Waals surface area contributed by atoms with Crippen LogP contribution in [0.1, 0.15) is 115 Å². The highest BCUT2D eigenvalue weighted by Crippen LogP contribution is 2.48. The first-order chi connectivity index (χ1) is 21.7. The number of halogens is 1. The van der Waals surface area contributed by atoms with Gasteiger partial charge in [0.05, 0.1) is 12.2 Å². The lowest BCUT2D eigenvalue weighted by Crippen LogP contribution is -2.45. The number of rotatable bonds is 17. The first-order valence-corrected chi connectivity index (χ1v) is 28.3. The first-order valence-electron chi connectivity index (χ1n) is 18.7. The Morgan fingerprint density at radius 1 is 0.896 bits per heavy atom. The largest absolute Gasteiger partial charge is 0.417 e. The van der Waals surface area contributed by atoms with E-state index in [-0.39, 0.29) is 57.6 Å². The molecule has 1 N–H and O–H groups in total. The molecule has 0 amide bonds. The van der Waals surface area contributed by atoms with Crippen LogP contribution in [0, 0.1) is 35.5 Å². The number of hydrogen-bond acceptors (Lipinski definition) is 4. The van der Waals surface area contributed by atoms with Crippen molar-refractivity contribution >= 4 is 40.9 Å². The molecular formula is C40H77BrO4Si3. The molecule has 0 aromatic carbocycles. The second-order valence-corrected chi connectivity index (χ2v) is 34.5. The van der Waals surface area contributed by atoms with E-state index in [1.807, 2.05) is 6.92 Å². The lowest BCUT2D eigenvalue weighted by molar-refractivity contribution is 0.144. The molecule has 4 nitrogen and oxygen atoms in total. The zero-order valence-corrected chi connectivity index (χ0v) is 39.0. The van der Waals surface area contributed by atoms with Crippen LogP contribution in [0.25, 0.3) is 0 Å². The molecule has 0 bridgehead atoms. The zero-order valence-electron chi connectivity index (χ0n) is 34.4. The Bertz CT molecular complexity index is 1100. The minimum absolute atomic E-state index is 0.0124. The fraction of sp³-hybridized carbons (Fsp3) is 0.850. The second kappa shape index (κ2) is 18.7. The number of hydrogen-bond donors (Lipinski definition) is 1. The molecule has 3 unspecified atom stereocenters. The van der Waals surface area contributed by atoms with Crippen molar-refractivity contribution in [2.75, 3.05) is 13.2 Å². The molecule has 8 heteroatoms. The predicted molar refractivity (Wildman–Crippen MR) is 221 cm³/mol. The van der Waals surface area contributed by atoms with E-state index in [1.165, 1.54) is 4.48 Å². The predicted octanol–water partition coefficient (Wildman–Crippen LogP) is 12.5. The normalized spacial score (nSPS) is 23.4. The molecule has 0 heterocycles. The van der Waals surface area contributed by atoms with E-state index in [0.29, 0.717) is 0 Å². The number of allylic oxidation sites excluding steroid dienone is 2. The van der Waals surface area contributed by atoms with Crippen LogP contribution >= 0.6 is 15.9 Å². The maximum Gasteiger partial charge on any atom is 0.192 e. The molecule has 48 heavy (non-hydrogen) atoms. The van der Waals surface area contributed by atoms with Gasteiger partial charge in [-0.3, -0.25) is 0 Å². The third-order valence-electron chi connectivity index (χ3n) is 12.1. The van der Waals surface area contributed by atoms with E-state index in [4.69, 9.17) is 13.3 Å². The third kappa shape index (κ3) is 13.9. The lowest BCUT2D eigenvalue weighted by Gasteiger charge is -2.41. The monoisotopic (exact) mass is 784 g/mol. The molecule has 1 aliphatic rings. The fourth-order valence-electron chi connectivity index (χ4n) is 5.52. The van der Waals surface area contributed by atoms with Gasteiger partial charge in [0.2, 0.25) is 0 Å². The van der Waals surface area contributed by atoms with Gasteiger partial charge >= 0.3 is 0 Å². The lowest BCUT2D eigenvalue weighted by atomic mass is 9.85. The smallest absolute Gasteiger partial charge is 0.192 e. The molecule has 0 aliphatic heterocycles. The topological polar surface area (TPSA) is 47.9 Å². The summed E-state index contributed by atoms with van der Waals surface area (Å²) in [6.45, 7) is 40.1. The summed E-state index contributed by atoms with van der Waals surface area (Å²) in [5.41, 5.74) is 0. The quantitative estimate of drug-likeness (QED) is 0.0690. The molecule has 1 rings (SSSR count). The van der Waals surface area contributed by atoms with Gasteiger partial charge < -0.3 is 18.4 Å². The van der Waals surface area contributed by atoms with Gasteiger partial charge in [-0.1, -0.05) is 103 Å². The fourth-order valence-corrected chi connectivity index (χ4v) is 9.92. The SMILES string of the molecule is CC#CCC(C)C(/C=C/[C@H]1[C@H](O[Si](C)(C)C(C)(C)C)CC(CO)[C@@H]1C/C(Br)=C/CCCCO[Si](C)(C)C(C)(C)C)O[Si](C)(C)C(C)(C)C. The molecule has 1 aliphatic carbocycles. The molecule has 0 spiro atoms. The van der Waals surface area contributed by atoms with Gasteiger partial charge in [-0.25, -0.2) is 0 Å². The average molecular weight is 786 g/mol. The van der Waals surface area contributed by atoms with E-state index < -0.39 is 25.0 Å². The molecular weight excluding hydrogens is 709 g/mol. The van der Waals surface area contributed by atoms with Crippen LogP contribution in [0.3, 0.4) is 0 Å². The van der Waals surface area contributed by atoms with Crippen molar-refractivity contribution in [1.29, 1.82) is 0 Å². The van der Waals surface area contributed by atoms with Crippen LogP contribution in [0.2, 0.25) is 54.4 Å². The molecule has 0 aromatic rings. The van der Waals surface area contributed by atoms with E-state index in [9.17, 15) is 5.11 Å². The summed E-state index contributed by atoms with van der Waals surface area (Å²) in [7, 11) is -5.76. The van der Waals surface area contributed by atoms with E-state index >= 15 is 0 Å². The second-order valence-electron chi connectivity index (χ2n) is 19.1. The highest BCUT2D eigenvalue weighted by atomic mass is 79.9. The minimum Gasteiger partial charge on any atom is -0.417 e. The molecule has 6 atom stereocenters. The van der Waals surface area contributed by atoms with Crippen LogP contribution in [0.5, 0.6) is 0 Å². The van der Waals surface area contributed by atoms with Gasteiger partial charge in [-0.15, -0.1) is 11.8 Å². The Hall–Kier alpha value is 0.0106. The van der Waals surface area contributed by atoms with Gasteiger partial charge in [0.25, 0.3) is 0 Å². The van der Waals surface area contributed by atoms with Crippen molar-refractivity contribution in [3.05, 3.63) is 22.7 Å². The summed E-state index contributed by atoms with van der Waals surface area (Å²) >= 11 is 3.97. The maximum atomic E-state index is 10.7. The highest BCUT2D eigenvalue weighted by molar-refractivity contribution is 9.11. The summed E-state index contributed by atoms with van der Waals surface area (Å²) in [6, 6.07) is 0. The van der Waals surface area contributed by atoms with E-state index in [2.05, 4.69) is 155 Å². The van der Waals surface area contributed by atoms with Crippen LogP contribution in [-0.4, -0.2) is 55.5 Å². The van der Waals surface area contributed by atoms with Crippen molar-refractivity contribution in [2.45, 2.75) is 181 Å². The summed E-state index contributed by atoms with van der Waals surface area (Å²) in [5.74, 6) is 7.37. The standard InChI is InChI=1S/C40H77BrO4Si3/c1-18-19-23-31(2)36(44-47(14,15)39(6,7)8)26-25-34-35(32(30-42)28-37(34)45-48(16,17)40(9,10)11)29-33(41)24-21-20-22-27-43-46(12,13)38(3,4)5/h24-26,31-32,34-37,42H,20-23,27-30H2,1-17H3/b26-25+,33-24-/t31?,32?,34-,35+,36?,37-/m1/s1. The van der Waals surface area contributed by atoms with Crippen molar-refractivity contribution in [3.63, 3.8) is 0 Å². The van der Waals surface area contributed by atoms with Gasteiger partial charge in [0, 0.05) is 25.6 Å². The number of aliphatic hydroxyl groups is 1. The third-order valence-corrected chi connectivity index (χ3v) is 26.3. The van der Waals surface area contributed by atoms with Crippen LogP contribution in [0.15, 0.2) is 22.7 Å². The Morgan fingerprint density at radius 2 is 1.46 bits per heavy atom. The molecule has 0 aromatic heterocycles. The Kier molecular flexibility index (Phi) is 17.9. The van der Waals surface area contributed by atoms with Crippen LogP contribution < -0.4 is 0 Å². The Balaban J connectivity index is 3.33. The Labute approximate surface area is 310 Å².